The van der Waals surface area contributed by atoms with Crippen LogP contribution in [0.15, 0.2) is 71.0 Å². The van der Waals surface area contributed by atoms with E-state index in [1.807, 2.05) is 57.2 Å². The average Bonchev–Trinajstić information content (AvgIpc) is 2.96. The normalized spacial score (nSPS) is 15.8. The molecule has 0 fully saturated rings. The van der Waals surface area contributed by atoms with Gasteiger partial charge in [-0.2, -0.15) is 5.10 Å². The molecule has 11 nitrogen and oxygen atoms in total. The van der Waals surface area contributed by atoms with Crippen molar-refractivity contribution in [3.8, 4) is 17.2 Å². The molecule has 3 aromatic rings. The molecule has 0 aliphatic carbocycles. The summed E-state index contributed by atoms with van der Waals surface area (Å²) >= 11 is 0. The summed E-state index contributed by atoms with van der Waals surface area (Å²) in [5.74, 6) is 0.871. The maximum absolute atomic E-state index is 12.4. The van der Waals surface area contributed by atoms with Gasteiger partial charge in [-0.3, -0.25) is 5.43 Å². The summed E-state index contributed by atoms with van der Waals surface area (Å²) in [7, 11) is 1.28. The maximum atomic E-state index is 12.4. The number of fused-ring (bicyclic) bond motifs is 1. The molecule has 0 aromatic heterocycles. The molecule has 11 heteroatoms. The molecular weight excluding hydrogens is 540 g/mol. The number of aliphatic hydroxyl groups is 1. The van der Waals surface area contributed by atoms with Crippen LogP contribution in [0, 0.1) is 0 Å². The van der Waals surface area contributed by atoms with E-state index in [2.05, 4.69) is 21.2 Å². The lowest BCUT2D eigenvalue weighted by molar-refractivity contribution is -0.136. The lowest BCUT2D eigenvalue weighted by atomic mass is 9.95. The van der Waals surface area contributed by atoms with Gasteiger partial charge < -0.3 is 34.7 Å². The minimum Gasteiger partial charge on any atom is -0.490 e. The van der Waals surface area contributed by atoms with E-state index in [1.54, 1.807) is 31.3 Å². The summed E-state index contributed by atoms with van der Waals surface area (Å²) < 4.78 is 22.5. The number of ether oxygens (including phenoxy) is 4. The van der Waals surface area contributed by atoms with E-state index in [0.717, 1.165) is 16.3 Å². The first kappa shape index (κ1) is 30.2. The number of hydrogen-bond acceptors (Lipinski definition) is 9. The molecule has 2 atom stereocenters. The van der Waals surface area contributed by atoms with Crippen LogP contribution in [0.25, 0.3) is 10.8 Å². The zero-order valence-electron chi connectivity index (χ0n) is 24.3. The fourth-order valence-electron chi connectivity index (χ4n) is 4.58. The van der Waals surface area contributed by atoms with Crippen molar-refractivity contribution in [3.05, 3.63) is 77.0 Å². The quantitative estimate of drug-likeness (QED) is 0.109. The second-order valence-electron chi connectivity index (χ2n) is 9.78. The van der Waals surface area contributed by atoms with Crippen LogP contribution in [-0.2, 0) is 9.53 Å². The van der Waals surface area contributed by atoms with Crippen molar-refractivity contribution in [2.75, 3.05) is 20.3 Å². The standard InChI is InChI=1S/C31H36N4O7/c1-6-40-26-15-21(29-28(30(37)39-5)19(4)33-31(38)34-29)12-14-25(26)41-17-27(36)35-32-16-23-22-10-8-7-9-20(22)11-13-24(23)42-18(2)3/h7-16,18,27,29,35-36H,6,17H2,1-5H3,(H2,33,34,38)/b32-16+/t27-,29-/m0/s1. The van der Waals surface area contributed by atoms with Gasteiger partial charge in [-0.25, -0.2) is 9.59 Å². The highest BCUT2D eigenvalue weighted by Crippen LogP contribution is 2.35. The van der Waals surface area contributed by atoms with Crippen molar-refractivity contribution < 1.29 is 33.6 Å². The summed E-state index contributed by atoms with van der Waals surface area (Å²) in [6.45, 7) is 7.57. The summed E-state index contributed by atoms with van der Waals surface area (Å²) in [5.41, 5.74) is 4.75. The molecule has 0 saturated carbocycles. The second kappa shape index (κ2) is 13.7. The number of nitrogens with zero attached hydrogens (tertiary/aromatic N) is 1. The van der Waals surface area contributed by atoms with Gasteiger partial charge in [-0.1, -0.05) is 36.4 Å². The van der Waals surface area contributed by atoms with Crippen molar-refractivity contribution in [2.45, 2.75) is 46.1 Å². The number of carbonyl (C=O) groups is 2. The van der Waals surface area contributed by atoms with Gasteiger partial charge in [0.25, 0.3) is 0 Å². The molecule has 222 valence electrons. The number of nitrogens with one attached hydrogen (secondary N) is 3. The molecule has 1 heterocycles. The summed E-state index contributed by atoms with van der Waals surface area (Å²) in [6, 6.07) is 15.7. The van der Waals surface area contributed by atoms with Crippen LogP contribution in [0.5, 0.6) is 17.2 Å². The number of esters is 1. The zero-order valence-corrected chi connectivity index (χ0v) is 24.3. The third-order valence-corrected chi connectivity index (χ3v) is 6.38. The van der Waals surface area contributed by atoms with Crippen molar-refractivity contribution in [2.24, 2.45) is 5.10 Å². The van der Waals surface area contributed by atoms with Gasteiger partial charge >= 0.3 is 12.0 Å². The Kier molecular flexibility index (Phi) is 9.87. The first-order chi connectivity index (χ1) is 20.2. The van der Waals surface area contributed by atoms with Crippen molar-refractivity contribution in [1.29, 1.82) is 0 Å². The molecule has 42 heavy (non-hydrogen) atoms. The largest absolute Gasteiger partial charge is 0.490 e. The molecular formula is C31H36N4O7. The molecule has 4 rings (SSSR count). The average molecular weight is 577 g/mol. The highest BCUT2D eigenvalue weighted by Gasteiger charge is 2.32. The molecule has 0 radical (unpaired) electrons. The first-order valence-corrected chi connectivity index (χ1v) is 13.6. The number of hydrogen-bond donors (Lipinski definition) is 4. The zero-order chi connectivity index (χ0) is 30.2. The topological polar surface area (TPSA) is 140 Å². The lowest BCUT2D eigenvalue weighted by Crippen LogP contribution is -2.45. The van der Waals surface area contributed by atoms with E-state index in [1.165, 1.54) is 7.11 Å². The molecule has 1 aliphatic heterocycles. The Labute approximate surface area is 244 Å². The van der Waals surface area contributed by atoms with Crippen molar-refractivity contribution in [3.63, 3.8) is 0 Å². The van der Waals surface area contributed by atoms with Gasteiger partial charge in [-0.05, 0) is 62.2 Å². The van der Waals surface area contributed by atoms with Crippen LogP contribution in [0.1, 0.15) is 44.9 Å². The monoisotopic (exact) mass is 576 g/mol. The molecule has 3 aromatic carbocycles. The molecule has 0 saturated heterocycles. The Morgan fingerprint density at radius 3 is 2.60 bits per heavy atom. The van der Waals surface area contributed by atoms with E-state index in [9.17, 15) is 14.7 Å². The first-order valence-electron chi connectivity index (χ1n) is 13.6. The van der Waals surface area contributed by atoms with Crippen LogP contribution in [0.3, 0.4) is 0 Å². The summed E-state index contributed by atoms with van der Waals surface area (Å²) in [4.78, 5) is 24.6. The number of carbonyl (C=O) groups excluding carboxylic acids is 2. The molecule has 1 aliphatic rings. The molecule has 0 spiro atoms. The Balaban J connectivity index is 1.48. The minimum atomic E-state index is -1.14. The lowest BCUT2D eigenvalue weighted by Gasteiger charge is -2.28. The van der Waals surface area contributed by atoms with Gasteiger partial charge in [0.1, 0.15) is 12.4 Å². The SMILES string of the molecule is CCOc1cc([C@@H]2NC(=O)NC(C)=C2C(=O)OC)ccc1OC[C@H](O)N/N=C/c1c(OC(C)C)ccc2ccccc12. The Bertz CT molecular complexity index is 1500. The predicted molar refractivity (Wildman–Crippen MR) is 159 cm³/mol. The Hall–Kier alpha value is -4.77. The Morgan fingerprint density at radius 1 is 1.10 bits per heavy atom. The highest BCUT2D eigenvalue weighted by molar-refractivity contribution is 6.02. The number of benzene rings is 3. The number of aliphatic hydroxyl groups excluding tert-OH is 1. The van der Waals surface area contributed by atoms with Crippen LogP contribution in [0.2, 0.25) is 0 Å². The summed E-state index contributed by atoms with van der Waals surface area (Å²) in [5, 5.41) is 22.1. The molecule has 2 amide bonds. The van der Waals surface area contributed by atoms with Gasteiger partial charge in [0.15, 0.2) is 17.7 Å². The van der Waals surface area contributed by atoms with Crippen molar-refractivity contribution in [1.82, 2.24) is 16.1 Å². The molecule has 4 N–H and O–H groups in total. The number of hydrazone groups is 1. The van der Waals surface area contributed by atoms with E-state index >= 15 is 0 Å². The van der Waals surface area contributed by atoms with E-state index < -0.39 is 24.3 Å². The van der Waals surface area contributed by atoms with Crippen LogP contribution in [-0.4, -0.2) is 56.0 Å². The molecule has 0 bridgehead atoms. The van der Waals surface area contributed by atoms with Crippen LogP contribution in [0.4, 0.5) is 4.79 Å². The number of allylic oxidation sites excluding steroid dienone is 1. The predicted octanol–water partition coefficient (Wildman–Crippen LogP) is 4.15. The van der Waals surface area contributed by atoms with E-state index in [0.29, 0.717) is 35.1 Å². The number of urea groups is 1. The van der Waals surface area contributed by atoms with Crippen LogP contribution >= 0.6 is 0 Å². The van der Waals surface area contributed by atoms with Crippen molar-refractivity contribution >= 4 is 29.0 Å². The van der Waals surface area contributed by atoms with Gasteiger partial charge in [0.2, 0.25) is 0 Å². The van der Waals surface area contributed by atoms with Gasteiger partial charge in [0.05, 0.1) is 37.7 Å². The van der Waals surface area contributed by atoms with E-state index in [-0.39, 0.29) is 18.3 Å². The molecule has 0 unspecified atom stereocenters. The Morgan fingerprint density at radius 2 is 1.86 bits per heavy atom. The fraction of sp³-hybridized carbons (Fsp3) is 0.323. The van der Waals surface area contributed by atoms with Crippen LogP contribution < -0.4 is 30.3 Å². The van der Waals surface area contributed by atoms with Gasteiger partial charge in [-0.15, -0.1) is 0 Å². The van der Waals surface area contributed by atoms with E-state index in [4.69, 9.17) is 18.9 Å². The fourth-order valence-corrected chi connectivity index (χ4v) is 4.58. The number of amides is 2. The highest BCUT2D eigenvalue weighted by atomic mass is 16.5. The third kappa shape index (κ3) is 7.10. The maximum Gasteiger partial charge on any atom is 0.337 e. The smallest absolute Gasteiger partial charge is 0.337 e. The third-order valence-electron chi connectivity index (χ3n) is 6.38. The second-order valence-corrected chi connectivity index (χ2v) is 9.78. The van der Waals surface area contributed by atoms with Gasteiger partial charge in [0, 0.05) is 11.3 Å². The minimum absolute atomic E-state index is 0.0191. The number of rotatable bonds is 12. The summed E-state index contributed by atoms with van der Waals surface area (Å²) in [6.07, 6.45) is 0.459. The number of methoxy groups -OCH3 is 1.